The van der Waals surface area contributed by atoms with Crippen LogP contribution in [0.25, 0.3) is 0 Å². The van der Waals surface area contributed by atoms with Gasteiger partial charge >= 0.3 is 0 Å². The number of sulfonamides is 1. The van der Waals surface area contributed by atoms with Crippen LogP contribution in [0.1, 0.15) is 32.6 Å². The van der Waals surface area contributed by atoms with E-state index < -0.39 is 10.0 Å². The van der Waals surface area contributed by atoms with E-state index in [0.717, 1.165) is 19.3 Å². The van der Waals surface area contributed by atoms with Crippen molar-refractivity contribution >= 4 is 15.9 Å². The molecule has 144 valence electrons. The standard InChI is InChI=1S/C19H28N2O4S/c1-2-20-15-19(11-9-18(20)22)10-6-12-21(16-19)26(23,24)14-13-25-17-7-4-3-5-8-17/h3-5,7-8H,2,6,9-16H2,1H3/t19-/m0/s1. The molecule has 0 unspecified atom stereocenters. The van der Waals surface area contributed by atoms with Gasteiger partial charge in [0.2, 0.25) is 15.9 Å². The molecule has 0 aromatic heterocycles. The van der Waals surface area contributed by atoms with Crippen molar-refractivity contribution < 1.29 is 17.9 Å². The Hall–Kier alpha value is -1.60. The summed E-state index contributed by atoms with van der Waals surface area (Å²) in [5, 5.41) is 0. The zero-order chi connectivity index (χ0) is 18.6. The normalized spacial score (nSPS) is 24.8. The molecule has 0 aliphatic carbocycles. The summed E-state index contributed by atoms with van der Waals surface area (Å²) in [4.78, 5) is 13.9. The van der Waals surface area contributed by atoms with Gasteiger partial charge in [-0.15, -0.1) is 0 Å². The minimum atomic E-state index is -3.36. The molecule has 2 saturated heterocycles. The number of hydrogen-bond donors (Lipinski definition) is 0. The Morgan fingerprint density at radius 2 is 1.92 bits per heavy atom. The number of para-hydroxylation sites is 1. The van der Waals surface area contributed by atoms with E-state index in [4.69, 9.17) is 4.74 Å². The molecule has 0 bridgehead atoms. The minimum absolute atomic E-state index is 0.0194. The van der Waals surface area contributed by atoms with Crippen molar-refractivity contribution in [2.45, 2.75) is 32.6 Å². The molecule has 0 N–H and O–H groups in total. The van der Waals surface area contributed by atoms with Gasteiger partial charge in [0, 0.05) is 38.0 Å². The summed E-state index contributed by atoms with van der Waals surface area (Å²) in [6.07, 6.45) is 3.15. The Morgan fingerprint density at radius 1 is 1.15 bits per heavy atom. The summed E-state index contributed by atoms with van der Waals surface area (Å²) >= 11 is 0. The van der Waals surface area contributed by atoms with E-state index >= 15 is 0 Å². The highest BCUT2D eigenvalue weighted by molar-refractivity contribution is 7.89. The number of likely N-dealkylation sites (tertiary alicyclic amines) is 1. The van der Waals surface area contributed by atoms with E-state index in [1.54, 1.807) is 4.31 Å². The summed E-state index contributed by atoms with van der Waals surface area (Å²) in [5.74, 6) is 0.852. The lowest BCUT2D eigenvalue weighted by molar-refractivity contribution is -0.138. The third-order valence-electron chi connectivity index (χ3n) is 5.50. The lowest BCUT2D eigenvalue weighted by atomic mass is 9.74. The average molecular weight is 381 g/mol. The predicted molar refractivity (Wildman–Crippen MR) is 100 cm³/mol. The number of rotatable bonds is 6. The number of piperidine rings is 2. The number of carbonyl (C=O) groups is 1. The van der Waals surface area contributed by atoms with Crippen molar-refractivity contribution in [3.05, 3.63) is 30.3 Å². The topological polar surface area (TPSA) is 66.9 Å². The quantitative estimate of drug-likeness (QED) is 0.758. The Balaban J connectivity index is 1.60. The van der Waals surface area contributed by atoms with Gasteiger partial charge in [-0.3, -0.25) is 4.79 Å². The van der Waals surface area contributed by atoms with E-state index in [9.17, 15) is 13.2 Å². The van der Waals surface area contributed by atoms with Gasteiger partial charge < -0.3 is 9.64 Å². The van der Waals surface area contributed by atoms with Crippen LogP contribution < -0.4 is 4.74 Å². The first kappa shape index (κ1) is 19.2. The number of amides is 1. The highest BCUT2D eigenvalue weighted by Crippen LogP contribution is 2.39. The first-order chi connectivity index (χ1) is 12.4. The largest absolute Gasteiger partial charge is 0.492 e. The zero-order valence-corrected chi connectivity index (χ0v) is 16.2. The Bertz CT molecular complexity index is 722. The van der Waals surface area contributed by atoms with Crippen LogP contribution in [-0.2, 0) is 14.8 Å². The Kier molecular flexibility index (Phi) is 5.87. The summed E-state index contributed by atoms with van der Waals surface area (Å²) in [6, 6.07) is 9.26. The van der Waals surface area contributed by atoms with Crippen molar-refractivity contribution in [3.63, 3.8) is 0 Å². The second-order valence-electron chi connectivity index (χ2n) is 7.32. The molecule has 0 radical (unpaired) electrons. The van der Waals surface area contributed by atoms with Crippen molar-refractivity contribution in [1.29, 1.82) is 0 Å². The maximum atomic E-state index is 12.8. The molecule has 2 aliphatic rings. The third-order valence-corrected chi connectivity index (χ3v) is 7.28. The minimum Gasteiger partial charge on any atom is -0.492 e. The lowest BCUT2D eigenvalue weighted by Crippen LogP contribution is -2.55. The van der Waals surface area contributed by atoms with Crippen LogP contribution in [0.3, 0.4) is 0 Å². The van der Waals surface area contributed by atoms with E-state index in [0.29, 0.717) is 38.3 Å². The molecule has 1 aromatic carbocycles. The van der Waals surface area contributed by atoms with Crippen LogP contribution in [0.2, 0.25) is 0 Å². The van der Waals surface area contributed by atoms with Crippen LogP contribution in [0.5, 0.6) is 5.75 Å². The summed E-state index contributed by atoms with van der Waals surface area (Å²) in [7, 11) is -3.36. The summed E-state index contributed by atoms with van der Waals surface area (Å²) < 4.78 is 32.7. The molecule has 7 heteroatoms. The molecule has 1 amide bonds. The maximum absolute atomic E-state index is 12.8. The van der Waals surface area contributed by atoms with Gasteiger partial charge in [-0.2, -0.15) is 0 Å². The van der Waals surface area contributed by atoms with E-state index in [2.05, 4.69) is 0 Å². The Labute approximate surface area is 156 Å². The van der Waals surface area contributed by atoms with E-state index in [-0.39, 0.29) is 23.7 Å². The second-order valence-corrected chi connectivity index (χ2v) is 9.41. The zero-order valence-electron chi connectivity index (χ0n) is 15.4. The maximum Gasteiger partial charge on any atom is 0.222 e. The molecule has 1 spiro atoms. The van der Waals surface area contributed by atoms with Gasteiger partial charge in [0.25, 0.3) is 0 Å². The van der Waals surface area contributed by atoms with Crippen LogP contribution in [0.15, 0.2) is 30.3 Å². The number of carbonyl (C=O) groups excluding carboxylic acids is 1. The molecule has 1 aromatic rings. The Morgan fingerprint density at radius 3 is 2.65 bits per heavy atom. The number of hydrogen-bond acceptors (Lipinski definition) is 4. The first-order valence-corrected chi connectivity index (χ1v) is 11.0. The molecule has 3 rings (SSSR count). The molecule has 26 heavy (non-hydrogen) atoms. The lowest BCUT2D eigenvalue weighted by Gasteiger charge is -2.47. The first-order valence-electron chi connectivity index (χ1n) is 9.38. The van der Waals surface area contributed by atoms with Crippen molar-refractivity contribution in [2.75, 3.05) is 38.5 Å². The predicted octanol–water partition coefficient (Wildman–Crippen LogP) is 2.12. The van der Waals surface area contributed by atoms with Crippen molar-refractivity contribution in [2.24, 2.45) is 5.41 Å². The molecule has 1 atom stereocenters. The fourth-order valence-electron chi connectivity index (χ4n) is 4.03. The van der Waals surface area contributed by atoms with Gasteiger partial charge in [-0.1, -0.05) is 18.2 Å². The van der Waals surface area contributed by atoms with Crippen LogP contribution >= 0.6 is 0 Å². The molecule has 6 nitrogen and oxygen atoms in total. The molecular weight excluding hydrogens is 352 g/mol. The van der Waals surface area contributed by atoms with Gasteiger partial charge in [-0.05, 0) is 38.3 Å². The number of ether oxygens (including phenoxy) is 1. The summed E-state index contributed by atoms with van der Waals surface area (Å²) in [6.45, 7) is 4.58. The van der Waals surface area contributed by atoms with Gasteiger partial charge in [-0.25, -0.2) is 12.7 Å². The smallest absolute Gasteiger partial charge is 0.222 e. The van der Waals surface area contributed by atoms with Gasteiger partial charge in [0.15, 0.2) is 0 Å². The van der Waals surface area contributed by atoms with Crippen molar-refractivity contribution in [3.8, 4) is 5.75 Å². The molecule has 2 heterocycles. The summed E-state index contributed by atoms with van der Waals surface area (Å²) in [5.41, 5.74) is -0.0878. The average Bonchev–Trinajstić information content (AvgIpc) is 2.65. The van der Waals surface area contributed by atoms with Gasteiger partial charge in [0.1, 0.15) is 12.4 Å². The molecule has 2 aliphatic heterocycles. The molecule has 2 fully saturated rings. The van der Waals surface area contributed by atoms with Crippen LogP contribution in [0, 0.1) is 5.41 Å². The highest BCUT2D eigenvalue weighted by Gasteiger charge is 2.43. The van der Waals surface area contributed by atoms with Crippen LogP contribution in [-0.4, -0.2) is 62.1 Å². The fraction of sp³-hybridized carbons (Fsp3) is 0.632. The highest BCUT2D eigenvalue weighted by atomic mass is 32.2. The van der Waals surface area contributed by atoms with Gasteiger partial charge in [0.05, 0.1) is 5.75 Å². The SMILES string of the molecule is CCN1C[C@]2(CCCN(S(=O)(=O)CCOc3ccccc3)C2)CCC1=O. The van der Waals surface area contributed by atoms with E-state index in [1.165, 1.54) is 0 Å². The number of nitrogens with zero attached hydrogens (tertiary/aromatic N) is 2. The van der Waals surface area contributed by atoms with Crippen LogP contribution in [0.4, 0.5) is 0 Å². The molecule has 0 saturated carbocycles. The number of benzene rings is 1. The van der Waals surface area contributed by atoms with E-state index in [1.807, 2.05) is 42.2 Å². The monoisotopic (exact) mass is 380 g/mol. The van der Waals surface area contributed by atoms with Crippen molar-refractivity contribution in [1.82, 2.24) is 9.21 Å². The molecular formula is C19H28N2O4S. The second kappa shape index (κ2) is 7.96. The third kappa shape index (κ3) is 4.38. The fourth-order valence-corrected chi connectivity index (χ4v) is 5.46.